The van der Waals surface area contributed by atoms with Crippen LogP contribution in [0, 0.1) is 5.82 Å². The van der Waals surface area contributed by atoms with E-state index in [-0.39, 0.29) is 52.4 Å². The van der Waals surface area contributed by atoms with E-state index in [0.717, 1.165) is 0 Å². The molecule has 0 saturated heterocycles. The minimum atomic E-state index is -0.733. The molecule has 1 heterocycles. The second-order valence-corrected chi connectivity index (χ2v) is 5.67. The lowest BCUT2D eigenvalue weighted by Crippen LogP contribution is -2.16. The molecule has 0 unspecified atom stereocenters. The Kier molecular flexibility index (Phi) is 7.09. The minimum Gasteiger partial charge on any atom is -0.458 e. The van der Waals surface area contributed by atoms with Crippen molar-refractivity contribution in [2.24, 2.45) is 0 Å². The highest BCUT2D eigenvalue weighted by atomic mass is 35.5. The van der Waals surface area contributed by atoms with Gasteiger partial charge in [0.25, 0.3) is 0 Å². The van der Waals surface area contributed by atoms with Crippen LogP contribution in [0.5, 0.6) is 0 Å². The van der Waals surface area contributed by atoms with Gasteiger partial charge in [-0.3, -0.25) is 0 Å². The summed E-state index contributed by atoms with van der Waals surface area (Å²) in [6.45, 7) is 6.23. The Morgan fingerprint density at radius 2 is 2.15 bits per heavy atom. The molecule has 144 valence electrons. The van der Waals surface area contributed by atoms with E-state index in [1.54, 1.807) is 0 Å². The summed E-state index contributed by atoms with van der Waals surface area (Å²) in [5, 5.41) is 2.87. The zero-order valence-electron chi connectivity index (χ0n) is 15.0. The number of esters is 1. The molecule has 0 aliphatic carbocycles. The molecule has 1 aromatic heterocycles. The van der Waals surface area contributed by atoms with Crippen molar-refractivity contribution in [2.45, 2.75) is 6.92 Å². The van der Waals surface area contributed by atoms with Crippen molar-refractivity contribution < 1.29 is 18.7 Å². The number of anilines is 2. The molecule has 7 nitrogen and oxygen atoms in total. The number of carbonyl (C=O) groups excluding carboxylic acids is 1. The van der Waals surface area contributed by atoms with Crippen molar-refractivity contribution in [3.63, 3.8) is 0 Å². The third kappa shape index (κ3) is 4.53. The molecular formula is C18H20ClFN4O3. The van der Waals surface area contributed by atoms with Gasteiger partial charge in [0, 0.05) is 19.2 Å². The third-order valence-electron chi connectivity index (χ3n) is 3.62. The van der Waals surface area contributed by atoms with E-state index in [9.17, 15) is 9.18 Å². The first-order valence-electron chi connectivity index (χ1n) is 8.15. The number of carbonyl (C=O) groups is 1. The van der Waals surface area contributed by atoms with Crippen molar-refractivity contribution in [1.29, 1.82) is 0 Å². The van der Waals surface area contributed by atoms with Gasteiger partial charge in [0.15, 0.2) is 17.3 Å². The molecule has 1 aromatic carbocycles. The molecule has 0 aliphatic heterocycles. The first-order chi connectivity index (χ1) is 12.9. The van der Waals surface area contributed by atoms with Crippen molar-refractivity contribution in [3.05, 3.63) is 40.8 Å². The Labute approximate surface area is 161 Å². The predicted molar refractivity (Wildman–Crippen MR) is 103 cm³/mol. The van der Waals surface area contributed by atoms with Crippen LogP contribution in [0.15, 0.2) is 18.7 Å². The number of nitrogens with two attached hydrogens (primary N) is 1. The molecule has 27 heavy (non-hydrogen) atoms. The average Bonchev–Trinajstić information content (AvgIpc) is 2.65. The number of hydrogen-bond acceptors (Lipinski definition) is 7. The number of hydrogen-bond donors (Lipinski definition) is 2. The first-order valence-corrected chi connectivity index (χ1v) is 8.53. The van der Waals surface area contributed by atoms with Crippen molar-refractivity contribution in [2.75, 3.05) is 37.9 Å². The number of halogens is 2. The minimum absolute atomic E-state index is 0.0212. The maximum Gasteiger partial charge on any atom is 0.357 e. The van der Waals surface area contributed by atoms with Crippen LogP contribution < -0.4 is 11.1 Å². The maximum atomic E-state index is 14.7. The van der Waals surface area contributed by atoms with E-state index in [1.807, 2.05) is 6.92 Å². The Morgan fingerprint density at radius 3 is 2.78 bits per heavy atom. The largest absolute Gasteiger partial charge is 0.458 e. The van der Waals surface area contributed by atoms with E-state index < -0.39 is 11.8 Å². The molecule has 0 radical (unpaired) electrons. The van der Waals surface area contributed by atoms with Crippen LogP contribution in [0.3, 0.4) is 0 Å². The lowest BCUT2D eigenvalue weighted by Gasteiger charge is -2.13. The monoisotopic (exact) mass is 394 g/mol. The van der Waals surface area contributed by atoms with Crippen LogP contribution in [0.1, 0.15) is 23.0 Å². The summed E-state index contributed by atoms with van der Waals surface area (Å²) in [6, 6.07) is 2.90. The molecule has 0 spiro atoms. The number of aromatic nitrogens is 2. The second kappa shape index (κ2) is 9.29. The number of nitrogens with zero attached hydrogens (tertiary/aromatic N) is 2. The summed E-state index contributed by atoms with van der Waals surface area (Å²) in [4.78, 5) is 20.6. The van der Waals surface area contributed by atoms with Gasteiger partial charge < -0.3 is 20.5 Å². The Bertz CT molecular complexity index is 861. The fourth-order valence-electron chi connectivity index (χ4n) is 2.32. The SMILES string of the molecule is C=Cc1c(N)nc(-c2ccc(Cl)c(NC)c2F)nc1C(=O)OCCOCC. The van der Waals surface area contributed by atoms with Gasteiger partial charge in [-0.05, 0) is 19.1 Å². The standard InChI is InChI=1S/C18H20ClFN4O3/c1-4-10-14(18(25)27-9-8-26-5-2)23-17(24-16(10)21)11-6-7-12(19)15(22-3)13(11)20/h4,6-7,22H,1,5,8-9H2,2-3H3,(H2,21,23,24). The topological polar surface area (TPSA) is 99.4 Å². The summed E-state index contributed by atoms with van der Waals surface area (Å²) in [7, 11) is 1.53. The predicted octanol–water partition coefficient (Wildman–Crippen LogP) is 3.40. The molecule has 0 amide bonds. The smallest absolute Gasteiger partial charge is 0.357 e. The van der Waals surface area contributed by atoms with Crippen LogP contribution in [0.25, 0.3) is 17.5 Å². The van der Waals surface area contributed by atoms with Crippen LogP contribution in [-0.4, -0.2) is 42.8 Å². The highest BCUT2D eigenvalue weighted by molar-refractivity contribution is 6.33. The highest BCUT2D eigenvalue weighted by Crippen LogP contribution is 2.32. The fourth-order valence-corrected chi connectivity index (χ4v) is 2.56. The third-order valence-corrected chi connectivity index (χ3v) is 3.93. The molecule has 0 bridgehead atoms. The van der Waals surface area contributed by atoms with E-state index in [4.69, 9.17) is 26.8 Å². The van der Waals surface area contributed by atoms with Crippen LogP contribution in [0.4, 0.5) is 15.9 Å². The fraction of sp³-hybridized carbons (Fsp3) is 0.278. The first kappa shape index (κ1) is 20.6. The normalized spacial score (nSPS) is 10.5. The number of benzene rings is 1. The van der Waals surface area contributed by atoms with Gasteiger partial charge in [-0.1, -0.05) is 24.3 Å². The molecule has 0 fully saturated rings. The maximum absolute atomic E-state index is 14.7. The quantitative estimate of drug-likeness (QED) is 0.522. The number of nitrogen functional groups attached to an aromatic ring is 1. The summed E-state index contributed by atoms with van der Waals surface area (Å²) < 4.78 is 25.0. The lowest BCUT2D eigenvalue weighted by atomic mass is 10.1. The summed E-state index contributed by atoms with van der Waals surface area (Å²) in [5.74, 6) is -1.48. The van der Waals surface area contributed by atoms with Crippen molar-refractivity contribution >= 4 is 35.2 Å². The Balaban J connectivity index is 2.47. The van der Waals surface area contributed by atoms with Crippen LogP contribution >= 0.6 is 11.6 Å². The lowest BCUT2D eigenvalue weighted by molar-refractivity contribution is 0.0329. The van der Waals surface area contributed by atoms with Crippen molar-refractivity contribution in [1.82, 2.24) is 9.97 Å². The average molecular weight is 395 g/mol. The molecule has 0 atom stereocenters. The van der Waals surface area contributed by atoms with Gasteiger partial charge in [0.05, 0.1) is 22.9 Å². The van der Waals surface area contributed by atoms with Gasteiger partial charge >= 0.3 is 5.97 Å². The molecule has 9 heteroatoms. The summed E-state index contributed by atoms with van der Waals surface area (Å²) in [6.07, 6.45) is 1.34. The van der Waals surface area contributed by atoms with Crippen molar-refractivity contribution in [3.8, 4) is 11.4 Å². The number of rotatable bonds is 8. The molecule has 2 rings (SSSR count). The second-order valence-electron chi connectivity index (χ2n) is 5.27. The summed E-state index contributed by atoms with van der Waals surface area (Å²) >= 11 is 5.97. The van der Waals surface area contributed by atoms with Gasteiger partial charge in [0.1, 0.15) is 12.4 Å². The van der Waals surface area contributed by atoms with Gasteiger partial charge in [0.2, 0.25) is 0 Å². The van der Waals surface area contributed by atoms with Gasteiger partial charge in [-0.25, -0.2) is 19.2 Å². The molecule has 0 aliphatic rings. The Morgan fingerprint density at radius 1 is 1.41 bits per heavy atom. The zero-order chi connectivity index (χ0) is 20.0. The molecular weight excluding hydrogens is 375 g/mol. The molecule has 0 saturated carbocycles. The van der Waals surface area contributed by atoms with Crippen LogP contribution in [-0.2, 0) is 9.47 Å². The van der Waals surface area contributed by atoms with E-state index in [2.05, 4.69) is 21.9 Å². The zero-order valence-corrected chi connectivity index (χ0v) is 15.8. The van der Waals surface area contributed by atoms with Crippen LogP contribution in [0.2, 0.25) is 5.02 Å². The van der Waals surface area contributed by atoms with E-state index in [1.165, 1.54) is 25.3 Å². The number of ether oxygens (including phenoxy) is 2. The number of nitrogens with one attached hydrogen (secondary N) is 1. The Hall–Kier alpha value is -2.71. The summed E-state index contributed by atoms with van der Waals surface area (Å²) in [5.41, 5.74) is 6.14. The molecule has 3 N–H and O–H groups in total. The highest BCUT2D eigenvalue weighted by Gasteiger charge is 2.22. The van der Waals surface area contributed by atoms with Gasteiger partial charge in [-0.15, -0.1) is 0 Å². The van der Waals surface area contributed by atoms with E-state index >= 15 is 0 Å². The van der Waals surface area contributed by atoms with Gasteiger partial charge in [-0.2, -0.15) is 0 Å². The molecule has 2 aromatic rings. The van der Waals surface area contributed by atoms with E-state index in [0.29, 0.717) is 6.61 Å².